The van der Waals surface area contributed by atoms with Crippen molar-refractivity contribution in [3.05, 3.63) is 48.0 Å². The summed E-state index contributed by atoms with van der Waals surface area (Å²) in [6, 6.07) is 10.0. The van der Waals surface area contributed by atoms with Gasteiger partial charge >= 0.3 is 0 Å². The van der Waals surface area contributed by atoms with Gasteiger partial charge in [-0.25, -0.2) is 0 Å². The summed E-state index contributed by atoms with van der Waals surface area (Å²) in [5.41, 5.74) is 1.13. The van der Waals surface area contributed by atoms with E-state index in [1.54, 1.807) is 0 Å². The van der Waals surface area contributed by atoms with E-state index in [4.69, 9.17) is 4.74 Å². The van der Waals surface area contributed by atoms with Gasteiger partial charge in [-0.1, -0.05) is 62.2 Å². The minimum atomic E-state index is -0.523. The highest BCUT2D eigenvalue weighted by Gasteiger charge is 2.11. The topological polar surface area (TPSA) is 29.5 Å². The van der Waals surface area contributed by atoms with Crippen molar-refractivity contribution in [2.75, 3.05) is 0 Å². The van der Waals surface area contributed by atoms with Crippen molar-refractivity contribution in [1.29, 1.82) is 0 Å². The van der Waals surface area contributed by atoms with Crippen LogP contribution < -0.4 is 0 Å². The molecule has 0 radical (unpaired) electrons. The van der Waals surface area contributed by atoms with Crippen LogP contribution in [0.1, 0.15) is 38.7 Å². The molecule has 0 fully saturated rings. The summed E-state index contributed by atoms with van der Waals surface area (Å²) in [7, 11) is 0. The predicted molar refractivity (Wildman–Crippen MR) is 75.4 cm³/mol. The van der Waals surface area contributed by atoms with Crippen molar-refractivity contribution in [2.24, 2.45) is 0 Å². The van der Waals surface area contributed by atoms with Gasteiger partial charge in [-0.05, 0) is 18.9 Å². The quantitative estimate of drug-likeness (QED) is 0.561. The van der Waals surface area contributed by atoms with Gasteiger partial charge in [0, 0.05) is 0 Å². The number of rotatable bonds is 8. The molecule has 0 aliphatic rings. The summed E-state index contributed by atoms with van der Waals surface area (Å²) in [6.07, 6.45) is 6.55. The fourth-order valence-electron chi connectivity index (χ4n) is 1.61. The Balaban J connectivity index is 2.27. The van der Waals surface area contributed by atoms with E-state index in [0.717, 1.165) is 12.0 Å². The monoisotopic (exact) mass is 248 g/mol. The third-order valence-electron chi connectivity index (χ3n) is 2.89. The van der Waals surface area contributed by atoms with Gasteiger partial charge in [0.05, 0.1) is 18.8 Å². The number of ether oxygens (including phenoxy) is 1. The smallest absolute Gasteiger partial charge is 0.0980 e. The second-order valence-electron chi connectivity index (χ2n) is 4.56. The van der Waals surface area contributed by atoms with E-state index >= 15 is 0 Å². The van der Waals surface area contributed by atoms with E-state index < -0.39 is 6.10 Å². The van der Waals surface area contributed by atoms with E-state index in [2.05, 4.69) is 6.92 Å². The Hall–Kier alpha value is -1.12. The molecule has 0 aliphatic heterocycles. The van der Waals surface area contributed by atoms with Gasteiger partial charge in [0.2, 0.25) is 0 Å². The average Bonchev–Trinajstić information content (AvgIpc) is 2.42. The third-order valence-corrected chi connectivity index (χ3v) is 2.89. The summed E-state index contributed by atoms with van der Waals surface area (Å²) in [5.74, 6) is 0. The Morgan fingerprint density at radius 1 is 1.28 bits per heavy atom. The molecule has 2 atom stereocenters. The molecule has 1 aromatic carbocycles. The van der Waals surface area contributed by atoms with Gasteiger partial charge in [0.15, 0.2) is 0 Å². The van der Waals surface area contributed by atoms with Crippen LogP contribution in [0.2, 0.25) is 0 Å². The number of unbranched alkanes of at least 4 members (excludes halogenated alkanes) is 2. The van der Waals surface area contributed by atoms with Gasteiger partial charge in [-0.3, -0.25) is 0 Å². The van der Waals surface area contributed by atoms with E-state index in [9.17, 15) is 5.11 Å². The molecule has 1 aromatic rings. The van der Waals surface area contributed by atoms with Gasteiger partial charge < -0.3 is 9.84 Å². The molecule has 0 amide bonds. The van der Waals surface area contributed by atoms with Crippen molar-refractivity contribution < 1.29 is 9.84 Å². The lowest BCUT2D eigenvalue weighted by atomic mass is 10.1. The maximum absolute atomic E-state index is 9.88. The van der Waals surface area contributed by atoms with E-state index in [1.807, 2.05) is 49.4 Å². The molecule has 0 aliphatic carbocycles. The minimum absolute atomic E-state index is 0.178. The molecule has 18 heavy (non-hydrogen) atoms. The van der Waals surface area contributed by atoms with Crippen molar-refractivity contribution in [3.63, 3.8) is 0 Å². The molecule has 0 saturated carbocycles. The summed E-state index contributed by atoms with van der Waals surface area (Å²) in [5, 5.41) is 9.88. The molecule has 1 rings (SSSR count). The summed E-state index contributed by atoms with van der Waals surface area (Å²) in [6.45, 7) is 4.61. The zero-order chi connectivity index (χ0) is 13.2. The van der Waals surface area contributed by atoms with Crippen molar-refractivity contribution in [3.8, 4) is 0 Å². The van der Waals surface area contributed by atoms with E-state index in [-0.39, 0.29) is 6.10 Å². The van der Waals surface area contributed by atoms with Crippen LogP contribution in [0.25, 0.3) is 0 Å². The lowest BCUT2D eigenvalue weighted by Crippen LogP contribution is -2.23. The SMILES string of the molecule is CCCC/C=C\[C@@H](O)[C@H](C)OCc1ccccc1. The van der Waals surface area contributed by atoms with Gasteiger partial charge in [-0.2, -0.15) is 0 Å². The normalized spacial score (nSPS) is 14.8. The highest BCUT2D eigenvalue weighted by molar-refractivity contribution is 5.13. The Morgan fingerprint density at radius 3 is 2.67 bits per heavy atom. The number of benzene rings is 1. The Labute approximate surface area is 110 Å². The van der Waals surface area contributed by atoms with Crippen LogP contribution in [0.4, 0.5) is 0 Å². The molecule has 100 valence electrons. The molecule has 0 heterocycles. The highest BCUT2D eigenvalue weighted by atomic mass is 16.5. The average molecular weight is 248 g/mol. The molecular weight excluding hydrogens is 224 g/mol. The number of aliphatic hydroxyl groups is 1. The third kappa shape index (κ3) is 5.99. The molecule has 0 saturated heterocycles. The van der Waals surface area contributed by atoms with Crippen LogP contribution in [0, 0.1) is 0 Å². The van der Waals surface area contributed by atoms with Crippen LogP contribution in [-0.2, 0) is 11.3 Å². The van der Waals surface area contributed by atoms with Crippen LogP contribution in [0.15, 0.2) is 42.5 Å². The Bertz CT molecular complexity index is 332. The van der Waals surface area contributed by atoms with Crippen molar-refractivity contribution >= 4 is 0 Å². The lowest BCUT2D eigenvalue weighted by molar-refractivity contribution is -0.0153. The number of hydrogen-bond donors (Lipinski definition) is 1. The molecule has 2 nitrogen and oxygen atoms in total. The molecule has 0 spiro atoms. The van der Waals surface area contributed by atoms with Crippen molar-refractivity contribution in [1.82, 2.24) is 0 Å². The molecule has 0 unspecified atom stereocenters. The molecule has 0 aromatic heterocycles. The standard InChI is InChI=1S/C16H24O2/c1-3-4-5-9-12-16(17)14(2)18-13-15-10-7-6-8-11-15/h6-12,14,16-17H,3-5,13H2,1-2H3/b12-9-/t14-,16+/m0/s1. The van der Waals surface area contributed by atoms with Crippen LogP contribution in [-0.4, -0.2) is 17.3 Å². The van der Waals surface area contributed by atoms with Crippen molar-refractivity contribution in [2.45, 2.75) is 51.9 Å². The first-order chi connectivity index (χ1) is 8.74. The van der Waals surface area contributed by atoms with Crippen LogP contribution in [0.3, 0.4) is 0 Å². The first-order valence-corrected chi connectivity index (χ1v) is 6.74. The predicted octanol–water partition coefficient (Wildman–Crippen LogP) is 3.70. The Kier molecular flexibility index (Phi) is 7.38. The number of allylic oxidation sites excluding steroid dienone is 1. The van der Waals surface area contributed by atoms with Gasteiger partial charge in [0.1, 0.15) is 0 Å². The molecule has 0 bridgehead atoms. The maximum Gasteiger partial charge on any atom is 0.0980 e. The van der Waals surface area contributed by atoms with Crippen LogP contribution in [0.5, 0.6) is 0 Å². The largest absolute Gasteiger partial charge is 0.386 e. The zero-order valence-electron chi connectivity index (χ0n) is 11.4. The summed E-state index contributed by atoms with van der Waals surface area (Å²) < 4.78 is 5.65. The first-order valence-electron chi connectivity index (χ1n) is 6.74. The second-order valence-corrected chi connectivity index (χ2v) is 4.56. The minimum Gasteiger partial charge on any atom is -0.386 e. The lowest BCUT2D eigenvalue weighted by Gasteiger charge is -2.16. The molecular formula is C16H24O2. The fourth-order valence-corrected chi connectivity index (χ4v) is 1.61. The number of aliphatic hydroxyl groups excluding tert-OH is 1. The van der Waals surface area contributed by atoms with Crippen LogP contribution >= 0.6 is 0 Å². The first kappa shape index (κ1) is 14.9. The van der Waals surface area contributed by atoms with E-state index in [1.165, 1.54) is 12.8 Å². The highest BCUT2D eigenvalue weighted by Crippen LogP contribution is 2.07. The second kappa shape index (κ2) is 8.90. The Morgan fingerprint density at radius 2 is 2.00 bits per heavy atom. The summed E-state index contributed by atoms with van der Waals surface area (Å²) in [4.78, 5) is 0. The van der Waals surface area contributed by atoms with Gasteiger partial charge in [-0.15, -0.1) is 0 Å². The molecule has 2 heteroatoms. The zero-order valence-corrected chi connectivity index (χ0v) is 11.4. The maximum atomic E-state index is 9.88. The van der Waals surface area contributed by atoms with E-state index in [0.29, 0.717) is 6.61 Å². The van der Waals surface area contributed by atoms with Gasteiger partial charge in [0.25, 0.3) is 0 Å². The fraction of sp³-hybridized carbons (Fsp3) is 0.500. The molecule has 1 N–H and O–H groups in total. The summed E-state index contributed by atoms with van der Waals surface area (Å²) >= 11 is 0. The number of hydrogen-bond acceptors (Lipinski definition) is 2.